The standard InChI is InChI=1S/C22H22Cl2N4O4/c1-31-11-18(21-25-16-5-4-14(23)10-17(16)26-21)27-22(30)13-3-6-19(15(24)9-13)28-7-2-8-32-12-20(28)29/h3-6,9-10,18H,2,7-8,11-12H2,1H3,(H,25,26)(H,27,30)/t18-/m0/s1. The second-order valence-electron chi connectivity index (χ2n) is 7.38. The van der Waals surface area contributed by atoms with Crippen molar-refractivity contribution in [1.29, 1.82) is 0 Å². The number of carbonyl (C=O) groups excluding carboxylic acids is 2. The van der Waals surface area contributed by atoms with Gasteiger partial charge in [-0.1, -0.05) is 23.2 Å². The number of benzene rings is 2. The van der Waals surface area contributed by atoms with Crippen molar-refractivity contribution in [1.82, 2.24) is 15.3 Å². The highest BCUT2D eigenvalue weighted by atomic mass is 35.5. The Morgan fingerprint density at radius 2 is 2.16 bits per heavy atom. The lowest BCUT2D eigenvalue weighted by molar-refractivity contribution is -0.122. The third kappa shape index (κ3) is 4.88. The molecule has 2 aromatic carbocycles. The zero-order valence-electron chi connectivity index (χ0n) is 17.4. The van der Waals surface area contributed by atoms with Crippen molar-refractivity contribution in [2.45, 2.75) is 12.5 Å². The second-order valence-corrected chi connectivity index (χ2v) is 8.23. The van der Waals surface area contributed by atoms with Gasteiger partial charge in [-0.15, -0.1) is 0 Å². The van der Waals surface area contributed by atoms with E-state index in [1.54, 1.807) is 42.3 Å². The van der Waals surface area contributed by atoms with Gasteiger partial charge < -0.3 is 24.7 Å². The summed E-state index contributed by atoms with van der Waals surface area (Å²) in [5.41, 5.74) is 2.42. The van der Waals surface area contributed by atoms with Crippen molar-refractivity contribution in [3.63, 3.8) is 0 Å². The van der Waals surface area contributed by atoms with Gasteiger partial charge in [0, 0.05) is 30.8 Å². The summed E-state index contributed by atoms with van der Waals surface area (Å²) in [7, 11) is 1.55. The number of anilines is 1. The number of hydrogen-bond donors (Lipinski definition) is 2. The molecule has 1 aliphatic rings. The van der Waals surface area contributed by atoms with E-state index in [0.717, 1.165) is 5.52 Å². The van der Waals surface area contributed by atoms with Gasteiger partial charge >= 0.3 is 0 Å². The lowest BCUT2D eigenvalue weighted by atomic mass is 10.1. The maximum atomic E-state index is 12.9. The van der Waals surface area contributed by atoms with Gasteiger partial charge in [-0.3, -0.25) is 9.59 Å². The van der Waals surface area contributed by atoms with E-state index in [-0.39, 0.29) is 25.0 Å². The number of hydrogen-bond acceptors (Lipinski definition) is 5. The van der Waals surface area contributed by atoms with E-state index in [4.69, 9.17) is 32.7 Å². The lowest BCUT2D eigenvalue weighted by Crippen LogP contribution is -2.33. The second kappa shape index (κ2) is 9.87. The Morgan fingerprint density at radius 3 is 2.94 bits per heavy atom. The van der Waals surface area contributed by atoms with E-state index in [1.165, 1.54) is 0 Å². The largest absolute Gasteiger partial charge is 0.382 e. The number of aromatic amines is 1. The van der Waals surface area contributed by atoms with Crippen LogP contribution in [0, 0.1) is 0 Å². The van der Waals surface area contributed by atoms with Crippen LogP contribution in [0.3, 0.4) is 0 Å². The predicted octanol–water partition coefficient (Wildman–Crippen LogP) is 3.74. The molecule has 2 N–H and O–H groups in total. The van der Waals surface area contributed by atoms with Gasteiger partial charge in [0.25, 0.3) is 11.8 Å². The van der Waals surface area contributed by atoms with Crippen molar-refractivity contribution < 1.29 is 19.1 Å². The monoisotopic (exact) mass is 476 g/mol. The molecule has 0 unspecified atom stereocenters. The van der Waals surface area contributed by atoms with E-state index < -0.39 is 6.04 Å². The molecule has 1 fully saturated rings. The minimum Gasteiger partial charge on any atom is -0.382 e. The molecule has 2 amide bonds. The highest BCUT2D eigenvalue weighted by Gasteiger charge is 2.23. The molecule has 1 aliphatic heterocycles. The van der Waals surface area contributed by atoms with Crippen LogP contribution in [0.1, 0.15) is 28.6 Å². The zero-order chi connectivity index (χ0) is 22.7. The van der Waals surface area contributed by atoms with Gasteiger partial charge in [0.05, 0.1) is 28.4 Å². The molecular weight excluding hydrogens is 455 g/mol. The topological polar surface area (TPSA) is 96.6 Å². The van der Waals surface area contributed by atoms with E-state index in [2.05, 4.69) is 15.3 Å². The van der Waals surface area contributed by atoms with E-state index >= 15 is 0 Å². The van der Waals surface area contributed by atoms with E-state index in [0.29, 0.717) is 52.2 Å². The van der Waals surface area contributed by atoms with E-state index in [9.17, 15) is 9.59 Å². The van der Waals surface area contributed by atoms with Crippen LogP contribution in [-0.4, -0.2) is 55.3 Å². The number of amides is 2. The molecule has 1 aromatic heterocycles. The van der Waals surface area contributed by atoms with Gasteiger partial charge in [-0.05, 0) is 42.8 Å². The van der Waals surface area contributed by atoms with Crippen molar-refractivity contribution in [3.8, 4) is 0 Å². The molecule has 10 heteroatoms. The number of methoxy groups -OCH3 is 1. The summed E-state index contributed by atoms with van der Waals surface area (Å²) in [4.78, 5) is 34.5. The molecule has 0 radical (unpaired) electrons. The first-order valence-corrected chi connectivity index (χ1v) is 10.8. The number of halogens is 2. The highest BCUT2D eigenvalue weighted by Crippen LogP contribution is 2.28. The highest BCUT2D eigenvalue weighted by molar-refractivity contribution is 6.34. The fraction of sp³-hybridized carbons (Fsp3) is 0.318. The number of nitrogens with one attached hydrogen (secondary N) is 2. The summed E-state index contributed by atoms with van der Waals surface area (Å²) < 4.78 is 10.5. The Bertz CT molecular complexity index is 1150. The number of rotatable bonds is 6. The molecule has 0 saturated carbocycles. The maximum Gasteiger partial charge on any atom is 0.253 e. The Morgan fingerprint density at radius 1 is 1.31 bits per heavy atom. The van der Waals surface area contributed by atoms with Crippen LogP contribution in [0.5, 0.6) is 0 Å². The lowest BCUT2D eigenvalue weighted by Gasteiger charge is -2.22. The van der Waals surface area contributed by atoms with Crippen LogP contribution in [0.2, 0.25) is 10.0 Å². The quantitative estimate of drug-likeness (QED) is 0.564. The van der Waals surface area contributed by atoms with Crippen LogP contribution in [0.25, 0.3) is 11.0 Å². The van der Waals surface area contributed by atoms with Crippen molar-refractivity contribution in [3.05, 3.63) is 57.8 Å². The van der Waals surface area contributed by atoms with Crippen LogP contribution in [-0.2, 0) is 14.3 Å². The van der Waals surface area contributed by atoms with Crippen LogP contribution < -0.4 is 10.2 Å². The normalized spacial score (nSPS) is 15.6. The smallest absolute Gasteiger partial charge is 0.253 e. The molecule has 3 aromatic rings. The van der Waals surface area contributed by atoms with Crippen molar-refractivity contribution in [2.75, 3.05) is 38.4 Å². The summed E-state index contributed by atoms with van der Waals surface area (Å²) in [6, 6.07) is 9.69. The average molecular weight is 477 g/mol. The molecular formula is C22H22Cl2N4O4. The molecule has 0 spiro atoms. The molecule has 2 heterocycles. The number of ether oxygens (including phenoxy) is 2. The number of fused-ring (bicyclic) bond motifs is 1. The summed E-state index contributed by atoms with van der Waals surface area (Å²) in [6.45, 7) is 1.26. The SMILES string of the molecule is COC[C@H](NC(=O)c1ccc(N2CCCOCC2=O)c(Cl)c1)c1nc2cc(Cl)ccc2[nH]1. The molecule has 0 aliphatic carbocycles. The van der Waals surface area contributed by atoms with Gasteiger partial charge in [0.2, 0.25) is 0 Å². The molecule has 1 saturated heterocycles. The third-order valence-corrected chi connectivity index (χ3v) is 5.67. The predicted molar refractivity (Wildman–Crippen MR) is 122 cm³/mol. The Labute approximate surface area is 194 Å². The Balaban J connectivity index is 1.54. The molecule has 1 atom stereocenters. The number of imidazole rings is 1. The van der Waals surface area contributed by atoms with Crippen LogP contribution in [0.4, 0.5) is 5.69 Å². The number of carbonyl (C=O) groups is 2. The van der Waals surface area contributed by atoms with Crippen LogP contribution in [0.15, 0.2) is 36.4 Å². The zero-order valence-corrected chi connectivity index (χ0v) is 18.9. The first kappa shape index (κ1) is 22.5. The van der Waals surface area contributed by atoms with Crippen molar-refractivity contribution in [2.24, 2.45) is 0 Å². The van der Waals surface area contributed by atoms with Gasteiger partial charge in [0.15, 0.2) is 0 Å². The van der Waals surface area contributed by atoms with Crippen molar-refractivity contribution >= 4 is 51.7 Å². The minimum atomic E-state index is -0.513. The van der Waals surface area contributed by atoms with E-state index in [1.807, 2.05) is 6.07 Å². The average Bonchev–Trinajstić information content (AvgIpc) is 3.07. The van der Waals surface area contributed by atoms with Gasteiger partial charge in [-0.25, -0.2) is 4.98 Å². The molecule has 4 rings (SSSR count). The first-order chi connectivity index (χ1) is 15.5. The summed E-state index contributed by atoms with van der Waals surface area (Å²) in [5, 5.41) is 3.81. The molecule has 32 heavy (non-hydrogen) atoms. The molecule has 168 valence electrons. The first-order valence-electron chi connectivity index (χ1n) is 10.1. The Kier molecular flexibility index (Phi) is 6.95. The van der Waals surface area contributed by atoms with Gasteiger partial charge in [-0.2, -0.15) is 0 Å². The summed E-state index contributed by atoms with van der Waals surface area (Å²) in [6.07, 6.45) is 0.714. The number of nitrogens with zero attached hydrogens (tertiary/aromatic N) is 2. The maximum absolute atomic E-state index is 12.9. The fourth-order valence-electron chi connectivity index (χ4n) is 3.57. The Hall–Kier alpha value is -2.65. The fourth-order valence-corrected chi connectivity index (χ4v) is 4.02. The third-order valence-electron chi connectivity index (χ3n) is 5.13. The molecule has 0 bridgehead atoms. The van der Waals surface area contributed by atoms with Crippen LogP contribution >= 0.6 is 23.2 Å². The number of H-pyrrole nitrogens is 1. The summed E-state index contributed by atoms with van der Waals surface area (Å²) >= 11 is 12.5. The van der Waals surface area contributed by atoms with Gasteiger partial charge in [0.1, 0.15) is 18.5 Å². The molecule has 8 nitrogen and oxygen atoms in total. The minimum absolute atomic E-state index is 0.0139. The summed E-state index contributed by atoms with van der Waals surface area (Å²) in [5.74, 6) is 0.0478. The number of aromatic nitrogens is 2.